The molecule has 1 heterocycles. The molecule has 3 nitrogen and oxygen atoms in total. The van der Waals surface area contributed by atoms with E-state index in [-0.39, 0.29) is 5.69 Å². The predicted molar refractivity (Wildman–Crippen MR) is 63.1 cm³/mol. The number of hydrogen-bond acceptors (Lipinski definition) is 3. The Bertz CT molecular complexity index is 569. The van der Waals surface area contributed by atoms with E-state index in [1.807, 2.05) is 0 Å². The van der Waals surface area contributed by atoms with E-state index in [2.05, 4.69) is 9.72 Å². The summed E-state index contributed by atoms with van der Waals surface area (Å²) in [5.41, 5.74) is 0.244. The molecular formula is C11H7Cl2NO2. The number of fused-ring (bicyclic) bond motifs is 1. The maximum Gasteiger partial charge on any atom is 0.356 e. The molecule has 0 N–H and O–H groups in total. The van der Waals surface area contributed by atoms with Crippen LogP contribution < -0.4 is 0 Å². The number of benzene rings is 1. The van der Waals surface area contributed by atoms with Gasteiger partial charge in [0.1, 0.15) is 5.69 Å². The van der Waals surface area contributed by atoms with Gasteiger partial charge in [-0.05, 0) is 23.6 Å². The number of halogens is 2. The summed E-state index contributed by atoms with van der Waals surface area (Å²) in [7, 11) is 1.31. The zero-order valence-corrected chi connectivity index (χ0v) is 9.84. The van der Waals surface area contributed by atoms with Crippen LogP contribution in [-0.2, 0) is 4.74 Å². The van der Waals surface area contributed by atoms with E-state index in [0.717, 1.165) is 10.8 Å². The summed E-state index contributed by atoms with van der Waals surface area (Å²) in [6.07, 6.45) is 1.56. The molecule has 0 aliphatic carbocycles. The second kappa shape index (κ2) is 4.28. The Hall–Kier alpha value is -1.32. The smallest absolute Gasteiger partial charge is 0.356 e. The van der Waals surface area contributed by atoms with Crippen molar-refractivity contribution < 1.29 is 9.53 Å². The minimum Gasteiger partial charge on any atom is -0.464 e. The van der Waals surface area contributed by atoms with Crippen molar-refractivity contribution in [3.8, 4) is 0 Å². The standard InChI is InChI=1S/C11H7Cl2NO2/c1-16-11(15)10-4-6-2-8(12)9(13)3-7(6)5-14-10/h2-5H,1H3. The Balaban J connectivity index is 2.62. The minimum atomic E-state index is -0.479. The van der Waals surface area contributed by atoms with Crippen molar-refractivity contribution in [2.75, 3.05) is 7.11 Å². The number of carbonyl (C=O) groups is 1. The average molecular weight is 256 g/mol. The maximum absolute atomic E-state index is 11.3. The first-order valence-corrected chi connectivity index (χ1v) is 5.20. The monoisotopic (exact) mass is 255 g/mol. The zero-order chi connectivity index (χ0) is 11.7. The number of hydrogen-bond donors (Lipinski definition) is 0. The van der Waals surface area contributed by atoms with Crippen LogP contribution in [0.1, 0.15) is 10.5 Å². The number of rotatable bonds is 1. The fraction of sp³-hybridized carbons (Fsp3) is 0.0909. The molecule has 16 heavy (non-hydrogen) atoms. The lowest BCUT2D eigenvalue weighted by Crippen LogP contribution is -2.03. The fourth-order valence-corrected chi connectivity index (χ4v) is 1.70. The van der Waals surface area contributed by atoms with Crippen LogP contribution in [0.15, 0.2) is 24.4 Å². The van der Waals surface area contributed by atoms with Gasteiger partial charge in [0.15, 0.2) is 0 Å². The second-order valence-electron chi connectivity index (χ2n) is 3.17. The number of aromatic nitrogens is 1. The van der Waals surface area contributed by atoms with Crippen LogP contribution in [0.25, 0.3) is 10.8 Å². The van der Waals surface area contributed by atoms with Gasteiger partial charge >= 0.3 is 5.97 Å². The quantitative estimate of drug-likeness (QED) is 0.734. The highest BCUT2D eigenvalue weighted by Gasteiger charge is 2.09. The predicted octanol–water partition coefficient (Wildman–Crippen LogP) is 3.33. The van der Waals surface area contributed by atoms with Crippen LogP contribution in [0.3, 0.4) is 0 Å². The van der Waals surface area contributed by atoms with Gasteiger partial charge in [-0.2, -0.15) is 0 Å². The molecule has 1 aromatic heterocycles. The van der Waals surface area contributed by atoms with E-state index in [9.17, 15) is 4.79 Å². The van der Waals surface area contributed by atoms with Gasteiger partial charge in [0.25, 0.3) is 0 Å². The Labute approximate surface area is 102 Å². The molecule has 0 bridgehead atoms. The minimum absolute atomic E-state index is 0.244. The molecule has 2 aromatic rings. The molecule has 0 fully saturated rings. The second-order valence-corrected chi connectivity index (χ2v) is 3.99. The van der Waals surface area contributed by atoms with Gasteiger partial charge in [0.2, 0.25) is 0 Å². The summed E-state index contributed by atoms with van der Waals surface area (Å²) in [5, 5.41) is 2.52. The summed E-state index contributed by atoms with van der Waals surface area (Å²) >= 11 is 11.8. The molecule has 0 saturated heterocycles. The van der Waals surface area contributed by atoms with E-state index in [1.165, 1.54) is 7.11 Å². The van der Waals surface area contributed by atoms with Crippen molar-refractivity contribution >= 4 is 39.9 Å². The Morgan fingerprint density at radius 2 is 1.81 bits per heavy atom. The molecule has 0 saturated carbocycles. The van der Waals surface area contributed by atoms with Gasteiger partial charge in [-0.25, -0.2) is 9.78 Å². The molecule has 0 amide bonds. The third kappa shape index (κ3) is 1.96. The maximum atomic E-state index is 11.3. The molecule has 5 heteroatoms. The van der Waals surface area contributed by atoms with Gasteiger partial charge < -0.3 is 4.74 Å². The molecule has 1 aromatic carbocycles. The molecule has 82 valence electrons. The molecule has 0 spiro atoms. The Kier molecular flexibility index (Phi) is 2.99. The van der Waals surface area contributed by atoms with Crippen molar-refractivity contribution in [3.63, 3.8) is 0 Å². The highest BCUT2D eigenvalue weighted by Crippen LogP contribution is 2.27. The van der Waals surface area contributed by atoms with E-state index in [1.54, 1.807) is 24.4 Å². The van der Waals surface area contributed by atoms with Crippen LogP contribution in [0.5, 0.6) is 0 Å². The number of carbonyl (C=O) groups excluding carboxylic acids is 1. The van der Waals surface area contributed by atoms with Crippen LogP contribution >= 0.6 is 23.2 Å². The lowest BCUT2D eigenvalue weighted by atomic mass is 10.1. The summed E-state index contributed by atoms with van der Waals surface area (Å²) < 4.78 is 4.58. The number of methoxy groups -OCH3 is 1. The highest BCUT2D eigenvalue weighted by molar-refractivity contribution is 6.42. The molecule has 2 rings (SSSR count). The molecule has 0 aliphatic rings. The van der Waals surface area contributed by atoms with Crippen LogP contribution in [-0.4, -0.2) is 18.1 Å². The number of pyridine rings is 1. The topological polar surface area (TPSA) is 39.2 Å². The average Bonchev–Trinajstić information content (AvgIpc) is 2.29. The lowest BCUT2D eigenvalue weighted by Gasteiger charge is -2.03. The van der Waals surface area contributed by atoms with Crippen LogP contribution in [0, 0.1) is 0 Å². The first-order chi connectivity index (χ1) is 7.61. The van der Waals surface area contributed by atoms with Gasteiger partial charge in [-0.3, -0.25) is 0 Å². The number of esters is 1. The Morgan fingerprint density at radius 3 is 2.44 bits per heavy atom. The van der Waals surface area contributed by atoms with Crippen molar-refractivity contribution in [1.29, 1.82) is 0 Å². The normalized spacial score (nSPS) is 10.4. The zero-order valence-electron chi connectivity index (χ0n) is 8.33. The molecule has 0 aliphatic heterocycles. The summed E-state index contributed by atoms with van der Waals surface area (Å²) in [6, 6.07) is 5.00. The van der Waals surface area contributed by atoms with Gasteiger partial charge in [-0.1, -0.05) is 23.2 Å². The van der Waals surface area contributed by atoms with E-state index in [4.69, 9.17) is 23.2 Å². The fourth-order valence-electron chi connectivity index (χ4n) is 1.35. The SMILES string of the molecule is COC(=O)c1cc2cc(Cl)c(Cl)cc2cn1. The molecule has 0 unspecified atom stereocenters. The Morgan fingerprint density at radius 1 is 1.19 bits per heavy atom. The van der Waals surface area contributed by atoms with Gasteiger partial charge in [0.05, 0.1) is 17.2 Å². The number of ether oxygens (including phenoxy) is 1. The molecular weight excluding hydrogens is 249 g/mol. The van der Waals surface area contributed by atoms with E-state index >= 15 is 0 Å². The highest BCUT2D eigenvalue weighted by atomic mass is 35.5. The van der Waals surface area contributed by atoms with Crippen molar-refractivity contribution in [1.82, 2.24) is 4.98 Å². The summed E-state index contributed by atoms with van der Waals surface area (Å²) in [5.74, 6) is -0.479. The largest absolute Gasteiger partial charge is 0.464 e. The van der Waals surface area contributed by atoms with Crippen molar-refractivity contribution in [3.05, 3.63) is 40.1 Å². The third-order valence-corrected chi connectivity index (χ3v) is 2.88. The van der Waals surface area contributed by atoms with Crippen LogP contribution in [0.4, 0.5) is 0 Å². The third-order valence-electron chi connectivity index (χ3n) is 2.16. The van der Waals surface area contributed by atoms with Crippen molar-refractivity contribution in [2.24, 2.45) is 0 Å². The first kappa shape index (κ1) is 11.2. The first-order valence-electron chi connectivity index (χ1n) is 4.45. The van der Waals surface area contributed by atoms with E-state index in [0.29, 0.717) is 10.0 Å². The molecule has 0 radical (unpaired) electrons. The van der Waals surface area contributed by atoms with Gasteiger partial charge in [-0.15, -0.1) is 0 Å². The van der Waals surface area contributed by atoms with Crippen molar-refractivity contribution in [2.45, 2.75) is 0 Å². The lowest BCUT2D eigenvalue weighted by molar-refractivity contribution is 0.0594. The molecule has 0 atom stereocenters. The number of nitrogens with zero attached hydrogens (tertiary/aromatic N) is 1. The van der Waals surface area contributed by atoms with Gasteiger partial charge in [0, 0.05) is 11.6 Å². The summed E-state index contributed by atoms with van der Waals surface area (Å²) in [4.78, 5) is 15.2. The summed E-state index contributed by atoms with van der Waals surface area (Å²) in [6.45, 7) is 0. The van der Waals surface area contributed by atoms with E-state index < -0.39 is 5.97 Å². The van der Waals surface area contributed by atoms with Crippen LogP contribution in [0.2, 0.25) is 10.0 Å².